The quantitative estimate of drug-likeness (QED) is 0.455. The number of rotatable bonds is 1. The molecule has 0 atom stereocenters. The second-order valence-electron chi connectivity index (χ2n) is 4.43. The van der Waals surface area contributed by atoms with Crippen LogP contribution in [-0.4, -0.2) is 5.24 Å². The summed E-state index contributed by atoms with van der Waals surface area (Å²) >= 11 is 5.54. The molecular formula is C16H11ClO. The van der Waals surface area contributed by atoms with Crippen LogP contribution in [0.25, 0.3) is 21.5 Å². The first-order valence-corrected chi connectivity index (χ1v) is 6.16. The van der Waals surface area contributed by atoms with E-state index in [-0.39, 0.29) is 0 Å². The first-order valence-electron chi connectivity index (χ1n) is 5.79. The van der Waals surface area contributed by atoms with Gasteiger partial charge in [-0.3, -0.25) is 4.79 Å². The minimum atomic E-state index is -0.413. The lowest BCUT2D eigenvalue weighted by molar-refractivity contribution is 0.108. The Kier molecular flexibility index (Phi) is 2.57. The Balaban J connectivity index is 2.45. The number of aryl methyl sites for hydroxylation is 1. The monoisotopic (exact) mass is 254 g/mol. The maximum Gasteiger partial charge on any atom is 0.252 e. The minimum Gasteiger partial charge on any atom is -0.276 e. The number of halogens is 1. The molecule has 0 spiro atoms. The molecule has 3 aromatic carbocycles. The average molecular weight is 255 g/mol. The third-order valence-electron chi connectivity index (χ3n) is 3.36. The molecule has 0 N–H and O–H groups in total. The molecule has 0 amide bonds. The Morgan fingerprint density at radius 1 is 0.944 bits per heavy atom. The Bertz CT molecular complexity index is 774. The second kappa shape index (κ2) is 4.11. The van der Waals surface area contributed by atoms with Crippen LogP contribution in [0, 0.1) is 6.92 Å². The fourth-order valence-corrected chi connectivity index (χ4v) is 2.52. The lowest BCUT2D eigenvalue weighted by atomic mass is 9.96. The average Bonchev–Trinajstić information content (AvgIpc) is 2.38. The van der Waals surface area contributed by atoms with E-state index in [1.165, 1.54) is 16.3 Å². The summed E-state index contributed by atoms with van der Waals surface area (Å²) in [5.74, 6) is 0. The molecule has 3 rings (SSSR count). The molecule has 0 bridgehead atoms. The normalized spacial score (nSPS) is 11.0. The van der Waals surface area contributed by atoms with Crippen molar-refractivity contribution in [3.05, 3.63) is 59.7 Å². The summed E-state index contributed by atoms with van der Waals surface area (Å²) in [6, 6.07) is 16.0. The number of fused-ring (bicyclic) bond motifs is 2. The van der Waals surface area contributed by atoms with Gasteiger partial charge in [0.25, 0.3) is 5.24 Å². The van der Waals surface area contributed by atoms with Crippen molar-refractivity contribution < 1.29 is 4.79 Å². The van der Waals surface area contributed by atoms with Crippen LogP contribution in [0.5, 0.6) is 0 Å². The van der Waals surface area contributed by atoms with Crippen LogP contribution in [-0.2, 0) is 0 Å². The largest absolute Gasteiger partial charge is 0.276 e. The van der Waals surface area contributed by atoms with Gasteiger partial charge in [0.15, 0.2) is 0 Å². The van der Waals surface area contributed by atoms with Gasteiger partial charge in [-0.25, -0.2) is 0 Å². The molecule has 0 aliphatic carbocycles. The molecule has 0 aliphatic rings. The molecule has 0 radical (unpaired) electrons. The summed E-state index contributed by atoms with van der Waals surface area (Å²) in [6.07, 6.45) is 0. The lowest BCUT2D eigenvalue weighted by Gasteiger charge is -2.08. The first kappa shape index (κ1) is 11.2. The van der Waals surface area contributed by atoms with Gasteiger partial charge in [0.2, 0.25) is 0 Å². The molecule has 18 heavy (non-hydrogen) atoms. The SMILES string of the molecule is Cc1c2ccccc2cc2ccc(C(=O)Cl)cc12. The Labute approximate surface area is 110 Å². The highest BCUT2D eigenvalue weighted by Crippen LogP contribution is 2.28. The van der Waals surface area contributed by atoms with E-state index < -0.39 is 5.24 Å². The van der Waals surface area contributed by atoms with Gasteiger partial charge in [-0.2, -0.15) is 0 Å². The van der Waals surface area contributed by atoms with Crippen LogP contribution < -0.4 is 0 Å². The van der Waals surface area contributed by atoms with Gasteiger partial charge in [-0.15, -0.1) is 0 Å². The second-order valence-corrected chi connectivity index (χ2v) is 4.78. The molecule has 0 aromatic heterocycles. The van der Waals surface area contributed by atoms with E-state index in [0.29, 0.717) is 5.56 Å². The molecular weight excluding hydrogens is 244 g/mol. The number of hydrogen-bond donors (Lipinski definition) is 0. The van der Waals surface area contributed by atoms with Gasteiger partial charge in [0.05, 0.1) is 0 Å². The van der Waals surface area contributed by atoms with Crippen molar-refractivity contribution in [1.29, 1.82) is 0 Å². The van der Waals surface area contributed by atoms with Crippen molar-refractivity contribution in [3.8, 4) is 0 Å². The van der Waals surface area contributed by atoms with Crippen LogP contribution in [0.3, 0.4) is 0 Å². The van der Waals surface area contributed by atoms with E-state index in [1.54, 1.807) is 6.07 Å². The molecule has 88 valence electrons. The summed E-state index contributed by atoms with van der Waals surface area (Å²) < 4.78 is 0. The van der Waals surface area contributed by atoms with Crippen molar-refractivity contribution in [2.75, 3.05) is 0 Å². The van der Waals surface area contributed by atoms with E-state index in [9.17, 15) is 4.79 Å². The van der Waals surface area contributed by atoms with Crippen LogP contribution in [0.1, 0.15) is 15.9 Å². The summed E-state index contributed by atoms with van der Waals surface area (Å²) in [5.41, 5.74) is 1.73. The predicted octanol–water partition coefficient (Wildman–Crippen LogP) is 4.68. The fourth-order valence-electron chi connectivity index (χ4n) is 2.41. The van der Waals surface area contributed by atoms with Gasteiger partial charge in [-0.05, 0) is 63.8 Å². The molecule has 1 nitrogen and oxygen atoms in total. The molecule has 0 fully saturated rings. The van der Waals surface area contributed by atoms with Crippen molar-refractivity contribution >= 4 is 38.4 Å². The molecule has 0 heterocycles. The maximum atomic E-state index is 11.2. The highest BCUT2D eigenvalue weighted by atomic mass is 35.5. The first-order chi connectivity index (χ1) is 8.66. The summed E-state index contributed by atoms with van der Waals surface area (Å²) in [4.78, 5) is 11.2. The highest BCUT2D eigenvalue weighted by molar-refractivity contribution is 6.67. The van der Waals surface area contributed by atoms with E-state index in [2.05, 4.69) is 25.1 Å². The number of carbonyl (C=O) groups is 1. The zero-order valence-electron chi connectivity index (χ0n) is 9.91. The van der Waals surface area contributed by atoms with E-state index >= 15 is 0 Å². The molecule has 2 heteroatoms. The molecule has 0 unspecified atom stereocenters. The third kappa shape index (κ3) is 1.68. The van der Waals surface area contributed by atoms with Gasteiger partial charge < -0.3 is 0 Å². The Hall–Kier alpha value is -1.86. The summed E-state index contributed by atoms with van der Waals surface area (Å²) in [5, 5.41) is 4.23. The highest BCUT2D eigenvalue weighted by Gasteiger charge is 2.07. The lowest BCUT2D eigenvalue weighted by Crippen LogP contribution is -1.90. The zero-order chi connectivity index (χ0) is 12.7. The van der Waals surface area contributed by atoms with Gasteiger partial charge in [0, 0.05) is 5.56 Å². The van der Waals surface area contributed by atoms with E-state index in [4.69, 9.17) is 11.6 Å². The minimum absolute atomic E-state index is 0.413. The Morgan fingerprint density at radius 2 is 1.67 bits per heavy atom. The van der Waals surface area contributed by atoms with Crippen LogP contribution in [0.15, 0.2) is 48.5 Å². The number of carbonyl (C=O) groups excluding carboxylic acids is 1. The standard InChI is InChI=1S/C16H11ClO/c1-10-14-5-3-2-4-11(14)8-12-6-7-13(16(17)18)9-15(10)12/h2-9H,1H3. The molecule has 3 aromatic rings. The summed E-state index contributed by atoms with van der Waals surface area (Å²) in [7, 11) is 0. The van der Waals surface area contributed by atoms with Crippen molar-refractivity contribution in [2.45, 2.75) is 6.92 Å². The van der Waals surface area contributed by atoms with Crippen molar-refractivity contribution in [1.82, 2.24) is 0 Å². The molecule has 0 saturated heterocycles. The summed E-state index contributed by atoms with van der Waals surface area (Å²) in [6.45, 7) is 2.08. The maximum absolute atomic E-state index is 11.2. The smallest absolute Gasteiger partial charge is 0.252 e. The van der Waals surface area contributed by atoms with E-state index in [0.717, 1.165) is 10.8 Å². The van der Waals surface area contributed by atoms with Crippen LogP contribution in [0.2, 0.25) is 0 Å². The van der Waals surface area contributed by atoms with E-state index in [1.807, 2.05) is 24.3 Å². The van der Waals surface area contributed by atoms with Gasteiger partial charge in [0.1, 0.15) is 0 Å². The zero-order valence-corrected chi connectivity index (χ0v) is 10.7. The van der Waals surface area contributed by atoms with Crippen LogP contribution >= 0.6 is 11.6 Å². The van der Waals surface area contributed by atoms with Crippen molar-refractivity contribution in [2.24, 2.45) is 0 Å². The Morgan fingerprint density at radius 3 is 2.44 bits per heavy atom. The van der Waals surface area contributed by atoms with Crippen LogP contribution in [0.4, 0.5) is 0 Å². The topological polar surface area (TPSA) is 17.1 Å². The van der Waals surface area contributed by atoms with Gasteiger partial charge in [-0.1, -0.05) is 30.3 Å². The third-order valence-corrected chi connectivity index (χ3v) is 3.58. The van der Waals surface area contributed by atoms with Crippen molar-refractivity contribution in [3.63, 3.8) is 0 Å². The predicted molar refractivity (Wildman–Crippen MR) is 76.4 cm³/mol. The van der Waals surface area contributed by atoms with Gasteiger partial charge >= 0.3 is 0 Å². The molecule has 0 saturated carbocycles. The number of hydrogen-bond acceptors (Lipinski definition) is 1. The molecule has 0 aliphatic heterocycles. The number of benzene rings is 3. The fraction of sp³-hybridized carbons (Fsp3) is 0.0625.